The first-order chi connectivity index (χ1) is 7.09. The van der Waals surface area contributed by atoms with Crippen molar-refractivity contribution in [3.8, 4) is 0 Å². The molecule has 0 heterocycles. The molecule has 0 fully saturated rings. The lowest BCUT2D eigenvalue weighted by Crippen LogP contribution is -2.03. The van der Waals surface area contributed by atoms with Crippen LogP contribution >= 0.6 is 12.2 Å². The summed E-state index contributed by atoms with van der Waals surface area (Å²) in [6, 6.07) is 5.69. The van der Waals surface area contributed by atoms with E-state index in [2.05, 4.69) is 28.0 Å². The molecule has 0 aliphatic carbocycles. The molecular weight excluding hydrogens is 218 g/mol. The van der Waals surface area contributed by atoms with Crippen LogP contribution in [0.5, 0.6) is 0 Å². The van der Waals surface area contributed by atoms with Gasteiger partial charge in [-0.15, -0.1) is 5.11 Å². The molecule has 0 amide bonds. The van der Waals surface area contributed by atoms with Crippen LogP contribution in [0.4, 0.5) is 11.4 Å². The molecule has 3 N–H and O–H groups in total. The van der Waals surface area contributed by atoms with Crippen molar-refractivity contribution in [3.05, 3.63) is 34.4 Å². The molecule has 1 aromatic rings. The number of nitrogens with two attached hydrogens (primary N) is 1. The summed E-state index contributed by atoms with van der Waals surface area (Å²) in [7, 11) is 0. The zero-order chi connectivity index (χ0) is 11.3. The summed E-state index contributed by atoms with van der Waals surface area (Å²) in [6.45, 7) is 0. The van der Waals surface area contributed by atoms with Crippen molar-refractivity contribution in [1.82, 2.24) is 0 Å². The average molecular weight is 225 g/mol. The van der Waals surface area contributed by atoms with Gasteiger partial charge in [-0.05, 0) is 24.4 Å². The Kier molecular flexibility index (Phi) is 3.63. The smallest absolute Gasteiger partial charge is 0.269 e. The maximum Gasteiger partial charge on any atom is 0.269 e. The number of thiocarbonyl (C=S) groups is 1. The quantitative estimate of drug-likeness (QED) is 0.352. The van der Waals surface area contributed by atoms with Gasteiger partial charge in [0.2, 0.25) is 5.11 Å². The van der Waals surface area contributed by atoms with Crippen molar-refractivity contribution in [2.75, 3.05) is 5.43 Å². The van der Waals surface area contributed by atoms with Crippen molar-refractivity contribution in [3.63, 3.8) is 0 Å². The van der Waals surface area contributed by atoms with Crippen LogP contribution in [-0.4, -0.2) is 10.0 Å². The summed E-state index contributed by atoms with van der Waals surface area (Å²) in [4.78, 5) is 9.84. The number of hydrogen-bond acceptors (Lipinski definition) is 4. The molecule has 0 bridgehead atoms. The van der Waals surface area contributed by atoms with E-state index in [0.29, 0.717) is 5.69 Å². The Morgan fingerprint density at radius 1 is 1.47 bits per heavy atom. The van der Waals surface area contributed by atoms with Gasteiger partial charge in [0, 0.05) is 12.1 Å². The van der Waals surface area contributed by atoms with Gasteiger partial charge < -0.3 is 5.73 Å². The van der Waals surface area contributed by atoms with Crippen LogP contribution in [0.2, 0.25) is 0 Å². The van der Waals surface area contributed by atoms with Crippen LogP contribution < -0.4 is 11.2 Å². The molecule has 0 aromatic heterocycles. The first kappa shape index (κ1) is 11.0. The summed E-state index contributed by atoms with van der Waals surface area (Å²) in [5.41, 5.74) is 8.13. The highest BCUT2D eigenvalue weighted by molar-refractivity contribution is 7.80. The third-order valence-electron chi connectivity index (χ3n) is 1.41. The lowest BCUT2D eigenvalue weighted by Gasteiger charge is -1.97. The van der Waals surface area contributed by atoms with E-state index in [9.17, 15) is 10.1 Å². The maximum absolute atomic E-state index is 10.3. The molecule has 1 aromatic carbocycles. The molecule has 0 aliphatic heterocycles. The van der Waals surface area contributed by atoms with E-state index in [0.717, 1.165) is 0 Å². The van der Waals surface area contributed by atoms with Gasteiger partial charge in [-0.3, -0.25) is 15.5 Å². The predicted molar refractivity (Wildman–Crippen MR) is 58.4 cm³/mol. The van der Waals surface area contributed by atoms with Crippen LogP contribution in [0.1, 0.15) is 0 Å². The zero-order valence-corrected chi connectivity index (χ0v) is 8.27. The fourth-order valence-electron chi connectivity index (χ4n) is 0.790. The molecule has 0 radical (unpaired) electrons. The van der Waals surface area contributed by atoms with E-state index in [1.807, 2.05) is 0 Å². The normalized spacial score (nSPS) is 10.1. The van der Waals surface area contributed by atoms with Crippen molar-refractivity contribution >= 4 is 28.7 Å². The Bertz CT molecular complexity index is 402. The van der Waals surface area contributed by atoms with E-state index in [-0.39, 0.29) is 10.8 Å². The van der Waals surface area contributed by atoms with Crippen molar-refractivity contribution in [2.24, 2.45) is 16.1 Å². The van der Waals surface area contributed by atoms with Gasteiger partial charge >= 0.3 is 0 Å². The van der Waals surface area contributed by atoms with Gasteiger partial charge in [0.1, 0.15) is 0 Å². The molecule has 8 heteroatoms. The first-order valence-corrected chi connectivity index (χ1v) is 4.21. The second-order valence-electron chi connectivity index (χ2n) is 2.45. The van der Waals surface area contributed by atoms with Crippen LogP contribution in [0.3, 0.4) is 0 Å². The minimum Gasteiger partial charge on any atom is -0.373 e. The Hall–Kier alpha value is -2.09. The average Bonchev–Trinajstić information content (AvgIpc) is 2.18. The predicted octanol–water partition coefficient (Wildman–Crippen LogP) is 1.62. The maximum atomic E-state index is 10.3. The number of rotatable bonds is 3. The number of nitro benzene ring substituents is 1. The zero-order valence-electron chi connectivity index (χ0n) is 7.45. The molecule has 0 unspecified atom stereocenters. The second kappa shape index (κ2) is 4.96. The standard InChI is InChI=1S/C7H7N5O2S/c8-7(15)10-11-9-5-1-3-6(4-2-5)12(13)14/h1-4H,(H3,8,9,10,15). The van der Waals surface area contributed by atoms with Crippen molar-refractivity contribution in [2.45, 2.75) is 0 Å². The SMILES string of the molecule is NC(=S)/N=N/Nc1ccc([N+](=O)[O-])cc1. The highest BCUT2D eigenvalue weighted by Gasteiger charge is 2.02. The van der Waals surface area contributed by atoms with Crippen LogP contribution in [-0.2, 0) is 0 Å². The molecule has 0 aliphatic rings. The molecular formula is C7H7N5O2S. The summed E-state index contributed by atoms with van der Waals surface area (Å²) >= 11 is 4.45. The number of nitrogens with zero attached hydrogens (tertiary/aromatic N) is 3. The first-order valence-electron chi connectivity index (χ1n) is 3.80. The van der Waals surface area contributed by atoms with Gasteiger partial charge in [-0.2, -0.15) is 0 Å². The molecule has 0 saturated heterocycles. The van der Waals surface area contributed by atoms with Crippen LogP contribution in [0.15, 0.2) is 34.6 Å². The minimum absolute atomic E-state index is 0.00633. The Morgan fingerprint density at radius 2 is 2.07 bits per heavy atom. The molecule has 7 nitrogen and oxygen atoms in total. The molecule has 0 spiro atoms. The van der Waals surface area contributed by atoms with Gasteiger partial charge in [-0.25, -0.2) is 0 Å². The Morgan fingerprint density at radius 3 is 2.53 bits per heavy atom. The van der Waals surface area contributed by atoms with Gasteiger partial charge in [0.25, 0.3) is 5.69 Å². The van der Waals surface area contributed by atoms with Gasteiger partial charge in [0.15, 0.2) is 0 Å². The number of nitrogens with one attached hydrogen (secondary N) is 1. The number of benzene rings is 1. The van der Waals surface area contributed by atoms with E-state index >= 15 is 0 Å². The summed E-state index contributed by atoms with van der Waals surface area (Å²) in [5, 5.41) is 17.1. The molecule has 78 valence electrons. The Balaban J connectivity index is 2.65. The van der Waals surface area contributed by atoms with E-state index in [4.69, 9.17) is 5.73 Å². The summed E-state index contributed by atoms with van der Waals surface area (Å²) < 4.78 is 0. The number of anilines is 1. The highest BCUT2D eigenvalue weighted by Crippen LogP contribution is 2.15. The number of non-ortho nitro benzene ring substituents is 1. The molecule has 0 saturated carbocycles. The van der Waals surface area contributed by atoms with Crippen molar-refractivity contribution in [1.29, 1.82) is 0 Å². The number of nitro groups is 1. The van der Waals surface area contributed by atoms with E-state index < -0.39 is 4.92 Å². The van der Waals surface area contributed by atoms with Crippen LogP contribution in [0, 0.1) is 10.1 Å². The fraction of sp³-hybridized carbons (Fsp3) is 0. The summed E-state index contributed by atoms with van der Waals surface area (Å²) in [6.07, 6.45) is 0. The number of hydrogen-bond donors (Lipinski definition) is 2. The molecule has 1 rings (SSSR count). The Labute approximate surface area is 90.1 Å². The molecule has 0 atom stereocenters. The fourth-order valence-corrected chi connectivity index (χ4v) is 0.831. The third-order valence-corrected chi connectivity index (χ3v) is 1.49. The van der Waals surface area contributed by atoms with Gasteiger partial charge in [0.05, 0.1) is 10.6 Å². The van der Waals surface area contributed by atoms with Crippen molar-refractivity contribution < 1.29 is 4.92 Å². The second-order valence-corrected chi connectivity index (χ2v) is 2.87. The summed E-state index contributed by atoms with van der Waals surface area (Å²) in [5.74, 6) is 0. The lowest BCUT2D eigenvalue weighted by atomic mass is 10.3. The largest absolute Gasteiger partial charge is 0.373 e. The van der Waals surface area contributed by atoms with E-state index in [1.54, 1.807) is 0 Å². The minimum atomic E-state index is -0.486. The topological polar surface area (TPSA) is 106 Å². The van der Waals surface area contributed by atoms with E-state index in [1.165, 1.54) is 24.3 Å². The third kappa shape index (κ3) is 3.65. The molecule has 15 heavy (non-hydrogen) atoms. The monoisotopic (exact) mass is 225 g/mol. The van der Waals surface area contributed by atoms with Crippen LogP contribution in [0.25, 0.3) is 0 Å². The highest BCUT2D eigenvalue weighted by atomic mass is 32.1. The lowest BCUT2D eigenvalue weighted by molar-refractivity contribution is -0.384. The van der Waals surface area contributed by atoms with Gasteiger partial charge in [-0.1, -0.05) is 5.22 Å².